The molecule has 2 heterocycles. The third-order valence-electron chi connectivity index (χ3n) is 2.99. The van der Waals surface area contributed by atoms with Crippen LogP contribution >= 0.6 is 12.2 Å². The highest BCUT2D eigenvalue weighted by Gasteiger charge is 2.25. The molecule has 1 saturated heterocycles. The molecular weight excluding hydrogens is 224 g/mol. The second-order valence-corrected chi connectivity index (χ2v) is 4.67. The van der Waals surface area contributed by atoms with Crippen LogP contribution in [0.25, 0.3) is 0 Å². The summed E-state index contributed by atoms with van der Waals surface area (Å²) >= 11 is 4.81. The van der Waals surface area contributed by atoms with E-state index < -0.39 is 0 Å². The molecule has 0 aliphatic carbocycles. The Balaban J connectivity index is 1.87. The molecule has 5 nitrogen and oxygen atoms in total. The summed E-state index contributed by atoms with van der Waals surface area (Å²) in [4.78, 5) is 20.2. The molecule has 0 saturated carbocycles. The Morgan fingerprint density at radius 1 is 1.50 bits per heavy atom. The molecule has 16 heavy (non-hydrogen) atoms. The van der Waals surface area contributed by atoms with Crippen molar-refractivity contribution in [3.05, 3.63) is 0 Å². The third-order valence-corrected chi connectivity index (χ3v) is 3.20. The zero-order chi connectivity index (χ0) is 11.5. The van der Waals surface area contributed by atoms with Crippen LogP contribution in [0, 0.1) is 5.92 Å². The second kappa shape index (κ2) is 4.99. The molecule has 1 atom stereocenters. The maximum Gasteiger partial charge on any atom is 0.235 e. The summed E-state index contributed by atoms with van der Waals surface area (Å²) < 4.78 is 0. The fourth-order valence-corrected chi connectivity index (χ4v) is 2.06. The lowest BCUT2D eigenvalue weighted by Gasteiger charge is -2.33. The molecule has 0 radical (unpaired) electrons. The Kier molecular flexibility index (Phi) is 3.63. The number of likely N-dealkylation sites (N-methyl/N-ethyl adjacent to an activating group) is 1. The normalized spacial score (nSPS) is 28.2. The van der Waals surface area contributed by atoms with Crippen molar-refractivity contribution in [3.8, 4) is 0 Å². The second-order valence-electron chi connectivity index (χ2n) is 4.28. The SMILES string of the molecule is CN1CCN(CC2C=NC(=S)NC2=O)CC1. The van der Waals surface area contributed by atoms with E-state index in [9.17, 15) is 4.79 Å². The molecule has 2 aliphatic rings. The maximum absolute atomic E-state index is 11.6. The van der Waals surface area contributed by atoms with E-state index in [1.54, 1.807) is 6.21 Å². The minimum atomic E-state index is -0.157. The monoisotopic (exact) mass is 240 g/mol. The van der Waals surface area contributed by atoms with Crippen LogP contribution in [-0.2, 0) is 4.79 Å². The summed E-state index contributed by atoms with van der Waals surface area (Å²) in [6, 6.07) is 0. The molecule has 1 amide bonds. The van der Waals surface area contributed by atoms with Crippen LogP contribution < -0.4 is 5.32 Å². The molecule has 0 aromatic rings. The summed E-state index contributed by atoms with van der Waals surface area (Å²) in [6.07, 6.45) is 1.67. The van der Waals surface area contributed by atoms with Crippen LogP contribution in [0.4, 0.5) is 0 Å². The van der Waals surface area contributed by atoms with E-state index in [-0.39, 0.29) is 16.9 Å². The standard InChI is InChI=1S/C10H16N4OS/c1-13-2-4-14(5-3-13)7-8-6-11-10(16)12-9(8)15/h6,8H,2-5,7H2,1H3,(H,12,15,16). The van der Waals surface area contributed by atoms with Gasteiger partial charge >= 0.3 is 0 Å². The van der Waals surface area contributed by atoms with Crippen LogP contribution in [0.1, 0.15) is 0 Å². The first-order valence-corrected chi connectivity index (χ1v) is 5.86. The van der Waals surface area contributed by atoms with Gasteiger partial charge in [0.05, 0.1) is 5.92 Å². The summed E-state index contributed by atoms with van der Waals surface area (Å²) in [5.74, 6) is -0.186. The zero-order valence-electron chi connectivity index (χ0n) is 9.35. The number of carbonyl (C=O) groups is 1. The smallest absolute Gasteiger partial charge is 0.235 e. The first-order chi connectivity index (χ1) is 7.65. The van der Waals surface area contributed by atoms with Gasteiger partial charge in [-0.3, -0.25) is 9.69 Å². The number of hydrogen-bond acceptors (Lipinski definition) is 4. The van der Waals surface area contributed by atoms with E-state index in [1.165, 1.54) is 0 Å². The largest absolute Gasteiger partial charge is 0.304 e. The molecule has 88 valence electrons. The number of amides is 1. The number of rotatable bonds is 2. The number of hydrogen-bond donors (Lipinski definition) is 1. The molecule has 0 bridgehead atoms. The Hall–Kier alpha value is -0.850. The highest BCUT2D eigenvalue weighted by molar-refractivity contribution is 7.80. The Bertz CT molecular complexity index is 323. The van der Waals surface area contributed by atoms with E-state index in [0.717, 1.165) is 32.7 Å². The van der Waals surface area contributed by atoms with Gasteiger partial charge in [-0.2, -0.15) is 0 Å². The topological polar surface area (TPSA) is 47.9 Å². The van der Waals surface area contributed by atoms with Crippen molar-refractivity contribution < 1.29 is 4.79 Å². The van der Waals surface area contributed by atoms with Crippen molar-refractivity contribution in [1.82, 2.24) is 15.1 Å². The number of piperazine rings is 1. The van der Waals surface area contributed by atoms with Gasteiger partial charge in [-0.1, -0.05) is 0 Å². The van der Waals surface area contributed by atoms with Crippen LogP contribution in [-0.4, -0.2) is 66.8 Å². The van der Waals surface area contributed by atoms with Gasteiger partial charge in [0.25, 0.3) is 0 Å². The number of nitrogens with one attached hydrogen (secondary N) is 1. The zero-order valence-corrected chi connectivity index (χ0v) is 10.2. The Morgan fingerprint density at radius 2 is 2.19 bits per heavy atom. The summed E-state index contributed by atoms with van der Waals surface area (Å²) in [5, 5.41) is 2.86. The molecular formula is C10H16N4OS. The van der Waals surface area contributed by atoms with E-state index >= 15 is 0 Å². The number of nitrogens with zero attached hydrogens (tertiary/aromatic N) is 3. The van der Waals surface area contributed by atoms with Crippen LogP contribution in [0.15, 0.2) is 4.99 Å². The van der Waals surface area contributed by atoms with Crippen molar-refractivity contribution in [2.75, 3.05) is 39.8 Å². The number of aliphatic imine (C=N–C) groups is 1. The lowest BCUT2D eigenvalue weighted by atomic mass is 10.1. The first-order valence-electron chi connectivity index (χ1n) is 5.45. The molecule has 1 N–H and O–H groups in total. The fraction of sp³-hybridized carbons (Fsp3) is 0.700. The average Bonchev–Trinajstić information content (AvgIpc) is 2.25. The molecule has 0 aromatic heterocycles. The predicted molar refractivity (Wildman–Crippen MR) is 66.7 cm³/mol. The molecule has 2 rings (SSSR count). The van der Waals surface area contributed by atoms with Gasteiger partial charge in [0.2, 0.25) is 5.91 Å². The van der Waals surface area contributed by atoms with Crippen molar-refractivity contribution >= 4 is 29.5 Å². The van der Waals surface area contributed by atoms with Gasteiger partial charge < -0.3 is 10.2 Å². The fourth-order valence-electron chi connectivity index (χ4n) is 1.89. The van der Waals surface area contributed by atoms with Crippen LogP contribution in [0.3, 0.4) is 0 Å². The predicted octanol–water partition coefficient (Wildman–Crippen LogP) is -0.664. The Morgan fingerprint density at radius 3 is 2.81 bits per heavy atom. The summed E-state index contributed by atoms with van der Waals surface area (Å²) in [7, 11) is 2.12. The van der Waals surface area contributed by atoms with Crippen molar-refractivity contribution in [2.45, 2.75) is 0 Å². The van der Waals surface area contributed by atoms with Gasteiger partial charge in [-0.15, -0.1) is 0 Å². The van der Waals surface area contributed by atoms with Gasteiger partial charge in [0.15, 0.2) is 5.11 Å². The third kappa shape index (κ3) is 2.84. The van der Waals surface area contributed by atoms with E-state index in [2.05, 4.69) is 27.2 Å². The van der Waals surface area contributed by atoms with Crippen molar-refractivity contribution in [1.29, 1.82) is 0 Å². The van der Waals surface area contributed by atoms with Gasteiger partial charge in [-0.05, 0) is 19.3 Å². The lowest BCUT2D eigenvalue weighted by Crippen LogP contribution is -2.50. The summed E-state index contributed by atoms with van der Waals surface area (Å²) in [6.45, 7) is 4.89. The van der Waals surface area contributed by atoms with E-state index in [4.69, 9.17) is 12.2 Å². The van der Waals surface area contributed by atoms with E-state index in [0.29, 0.717) is 0 Å². The first kappa shape index (κ1) is 11.6. The van der Waals surface area contributed by atoms with Gasteiger partial charge in [0.1, 0.15) is 0 Å². The number of thiocarbonyl (C=S) groups is 1. The van der Waals surface area contributed by atoms with E-state index in [1.807, 2.05) is 0 Å². The highest BCUT2D eigenvalue weighted by atomic mass is 32.1. The van der Waals surface area contributed by atoms with Crippen molar-refractivity contribution in [3.63, 3.8) is 0 Å². The summed E-state index contributed by atoms with van der Waals surface area (Å²) in [5.41, 5.74) is 0. The molecule has 6 heteroatoms. The lowest BCUT2D eigenvalue weighted by molar-refractivity contribution is -0.122. The quantitative estimate of drug-likeness (QED) is 0.651. The molecule has 0 aromatic carbocycles. The average molecular weight is 240 g/mol. The Labute approximate surface area is 100 Å². The van der Waals surface area contributed by atoms with Gasteiger partial charge in [-0.25, -0.2) is 4.99 Å². The van der Waals surface area contributed by atoms with Gasteiger partial charge in [0, 0.05) is 38.9 Å². The van der Waals surface area contributed by atoms with Crippen LogP contribution in [0.5, 0.6) is 0 Å². The minimum Gasteiger partial charge on any atom is -0.304 e. The van der Waals surface area contributed by atoms with Crippen molar-refractivity contribution in [2.24, 2.45) is 10.9 Å². The maximum atomic E-state index is 11.6. The highest BCUT2D eigenvalue weighted by Crippen LogP contribution is 2.06. The number of carbonyl (C=O) groups excluding carboxylic acids is 1. The molecule has 2 aliphatic heterocycles. The molecule has 0 spiro atoms. The minimum absolute atomic E-state index is 0.0288. The molecule has 1 fully saturated rings. The van der Waals surface area contributed by atoms with Crippen LogP contribution in [0.2, 0.25) is 0 Å². The molecule has 1 unspecified atom stereocenters.